The van der Waals surface area contributed by atoms with Crippen molar-refractivity contribution < 1.29 is 17.9 Å². The highest BCUT2D eigenvalue weighted by Crippen LogP contribution is 2.31. The summed E-state index contributed by atoms with van der Waals surface area (Å²) >= 11 is 1.72. The van der Waals surface area contributed by atoms with Crippen molar-refractivity contribution in [2.45, 2.75) is 44.4 Å². The quantitative estimate of drug-likeness (QED) is 0.344. The second kappa shape index (κ2) is 9.91. The number of alkyl halides is 3. The van der Waals surface area contributed by atoms with Gasteiger partial charge in [-0.15, -0.1) is 11.8 Å². The molecule has 7 heteroatoms. The lowest BCUT2D eigenvalue weighted by molar-refractivity contribution is -0.137. The van der Waals surface area contributed by atoms with Crippen LogP contribution in [0.1, 0.15) is 31.9 Å². The average Bonchev–Trinajstić information content (AvgIpc) is 2.72. The largest absolute Gasteiger partial charge is 0.488 e. The van der Waals surface area contributed by atoms with E-state index in [2.05, 4.69) is 29.2 Å². The zero-order valence-corrected chi connectivity index (χ0v) is 19.9. The van der Waals surface area contributed by atoms with Crippen molar-refractivity contribution in [1.29, 1.82) is 0 Å². The lowest BCUT2D eigenvalue weighted by atomic mass is 10.0. The van der Waals surface area contributed by atoms with Crippen LogP contribution in [-0.2, 0) is 6.18 Å². The van der Waals surface area contributed by atoms with Gasteiger partial charge in [-0.2, -0.15) is 18.3 Å². The molecule has 3 rings (SSSR count). The maximum atomic E-state index is 12.7. The lowest BCUT2D eigenvalue weighted by Crippen LogP contribution is -2.23. The Balaban J connectivity index is 1.57. The first kappa shape index (κ1) is 24.7. The van der Waals surface area contributed by atoms with E-state index in [-0.39, 0.29) is 5.60 Å². The van der Waals surface area contributed by atoms with Crippen LogP contribution in [0.5, 0.6) is 5.75 Å². The van der Waals surface area contributed by atoms with Gasteiger partial charge in [-0.25, -0.2) is 0 Å². The summed E-state index contributed by atoms with van der Waals surface area (Å²) in [5.41, 5.74) is 5.88. The standard InChI is InChI=1S/C26H27F3N2OS/c1-17-14-19(16-33-22-11-13-24(18(2)15-22)32-25(3,4)5)6-12-23(17)31-30-21-9-7-20(8-10-21)26(27,28)29/h6-15,30H,1,16H2,2-5H3/b31-23-. The number of allylic oxidation sites excluding steroid dienone is 4. The normalized spacial score (nSPS) is 15.5. The molecule has 0 fully saturated rings. The number of nitrogens with one attached hydrogen (secondary N) is 1. The molecule has 1 aliphatic carbocycles. The van der Waals surface area contributed by atoms with Gasteiger partial charge in [-0.3, -0.25) is 5.43 Å². The molecule has 0 aliphatic heterocycles. The first-order valence-corrected chi connectivity index (χ1v) is 11.4. The van der Waals surface area contributed by atoms with Crippen LogP contribution >= 0.6 is 11.8 Å². The van der Waals surface area contributed by atoms with Gasteiger partial charge >= 0.3 is 6.18 Å². The number of ether oxygens (including phenoxy) is 1. The van der Waals surface area contributed by atoms with Crippen molar-refractivity contribution in [3.63, 3.8) is 0 Å². The fourth-order valence-electron chi connectivity index (χ4n) is 3.02. The molecule has 3 nitrogen and oxygen atoms in total. The summed E-state index contributed by atoms with van der Waals surface area (Å²) < 4.78 is 44.0. The van der Waals surface area contributed by atoms with Gasteiger partial charge in [0.15, 0.2) is 0 Å². The third-order valence-corrected chi connectivity index (χ3v) is 5.69. The zero-order valence-electron chi connectivity index (χ0n) is 19.1. The van der Waals surface area contributed by atoms with E-state index in [0.717, 1.165) is 45.2 Å². The van der Waals surface area contributed by atoms with Crippen LogP contribution in [0.25, 0.3) is 0 Å². The Kier molecular flexibility index (Phi) is 7.42. The molecule has 0 amide bonds. The van der Waals surface area contributed by atoms with Crippen LogP contribution in [-0.4, -0.2) is 17.1 Å². The van der Waals surface area contributed by atoms with Crippen LogP contribution in [0.2, 0.25) is 0 Å². The topological polar surface area (TPSA) is 33.6 Å². The van der Waals surface area contributed by atoms with E-state index >= 15 is 0 Å². The Bertz CT molecular complexity index is 1110. The van der Waals surface area contributed by atoms with Crippen LogP contribution < -0.4 is 10.2 Å². The number of halogens is 3. The number of anilines is 1. The van der Waals surface area contributed by atoms with Gasteiger partial charge < -0.3 is 4.74 Å². The summed E-state index contributed by atoms with van der Waals surface area (Å²) in [5, 5.41) is 4.26. The maximum absolute atomic E-state index is 12.7. The molecule has 0 saturated carbocycles. The highest BCUT2D eigenvalue weighted by Gasteiger charge is 2.29. The highest BCUT2D eigenvalue weighted by molar-refractivity contribution is 7.99. The smallest absolute Gasteiger partial charge is 0.416 e. The molecule has 2 aromatic rings. The van der Waals surface area contributed by atoms with E-state index < -0.39 is 11.7 Å². The molecule has 0 atom stereocenters. The van der Waals surface area contributed by atoms with Crippen molar-refractivity contribution in [2.24, 2.45) is 5.10 Å². The molecule has 1 aliphatic rings. The van der Waals surface area contributed by atoms with Crippen molar-refractivity contribution in [1.82, 2.24) is 0 Å². The molecule has 0 radical (unpaired) electrons. The molecule has 174 valence electrons. The first-order chi connectivity index (χ1) is 15.4. The van der Waals surface area contributed by atoms with E-state index in [4.69, 9.17) is 4.74 Å². The number of thioether (sulfide) groups is 1. The Hall–Kier alpha value is -2.93. The second-order valence-corrected chi connectivity index (χ2v) is 9.74. The van der Waals surface area contributed by atoms with E-state index in [1.54, 1.807) is 11.8 Å². The summed E-state index contributed by atoms with van der Waals surface area (Å²) in [6.07, 6.45) is 1.43. The Morgan fingerprint density at radius 3 is 2.30 bits per heavy atom. The van der Waals surface area contributed by atoms with Crippen LogP contribution in [0.3, 0.4) is 0 Å². The van der Waals surface area contributed by atoms with Gasteiger partial charge in [0, 0.05) is 10.6 Å². The van der Waals surface area contributed by atoms with Crippen molar-refractivity contribution >= 4 is 23.2 Å². The Morgan fingerprint density at radius 1 is 1.03 bits per heavy atom. The minimum Gasteiger partial charge on any atom is -0.488 e. The molecule has 33 heavy (non-hydrogen) atoms. The number of hydrogen-bond acceptors (Lipinski definition) is 4. The number of rotatable bonds is 6. The minimum absolute atomic E-state index is 0.238. The summed E-state index contributed by atoms with van der Waals surface area (Å²) in [7, 11) is 0. The van der Waals surface area contributed by atoms with Crippen LogP contribution in [0, 0.1) is 6.92 Å². The third kappa shape index (κ3) is 7.29. The van der Waals surface area contributed by atoms with Crippen molar-refractivity contribution in [2.75, 3.05) is 11.2 Å². The van der Waals surface area contributed by atoms with E-state index in [9.17, 15) is 13.2 Å². The number of hydrazone groups is 1. The van der Waals surface area contributed by atoms with E-state index in [0.29, 0.717) is 11.4 Å². The zero-order chi connectivity index (χ0) is 24.2. The van der Waals surface area contributed by atoms with E-state index in [1.165, 1.54) is 12.1 Å². The van der Waals surface area contributed by atoms with Crippen LogP contribution in [0.15, 0.2) is 88.4 Å². The number of hydrogen-bond donors (Lipinski definition) is 1. The van der Waals surface area contributed by atoms with Gasteiger partial charge in [0.05, 0.1) is 17.0 Å². The molecular formula is C26H27F3N2OS. The molecule has 0 saturated heterocycles. The molecule has 0 bridgehead atoms. The average molecular weight is 473 g/mol. The second-order valence-electron chi connectivity index (χ2n) is 8.69. The predicted molar refractivity (Wildman–Crippen MR) is 131 cm³/mol. The summed E-state index contributed by atoms with van der Waals surface area (Å²) in [6, 6.07) is 10.9. The van der Waals surface area contributed by atoms with Gasteiger partial charge in [0.25, 0.3) is 0 Å². The highest BCUT2D eigenvalue weighted by atomic mass is 32.2. The van der Waals surface area contributed by atoms with Gasteiger partial charge in [0.1, 0.15) is 11.4 Å². The molecule has 2 aromatic carbocycles. The van der Waals surface area contributed by atoms with Gasteiger partial charge in [-0.1, -0.05) is 12.7 Å². The fourth-order valence-corrected chi connectivity index (χ4v) is 3.96. The number of aryl methyl sites for hydroxylation is 1. The molecule has 0 aromatic heterocycles. The lowest BCUT2D eigenvalue weighted by Gasteiger charge is -2.22. The minimum atomic E-state index is -4.36. The predicted octanol–water partition coefficient (Wildman–Crippen LogP) is 7.80. The molecule has 1 N–H and O–H groups in total. The Morgan fingerprint density at radius 2 is 1.73 bits per heavy atom. The van der Waals surface area contributed by atoms with Crippen molar-refractivity contribution in [3.05, 3.63) is 89.5 Å². The molecule has 0 unspecified atom stereocenters. The SMILES string of the molecule is C=C1C=C(CSc2ccc(OC(C)(C)C)c(C)c2)C=C/C1=N/Nc1ccc(C(F)(F)F)cc1. The monoisotopic (exact) mass is 472 g/mol. The van der Waals surface area contributed by atoms with E-state index in [1.807, 2.05) is 52.0 Å². The Labute approximate surface area is 197 Å². The number of nitrogens with zero attached hydrogens (tertiary/aromatic N) is 1. The summed E-state index contributed by atoms with van der Waals surface area (Å²) in [4.78, 5) is 1.15. The molecule has 0 heterocycles. The third-order valence-electron chi connectivity index (χ3n) is 4.63. The summed E-state index contributed by atoms with van der Waals surface area (Å²) in [5.74, 6) is 1.66. The maximum Gasteiger partial charge on any atom is 0.416 e. The van der Waals surface area contributed by atoms with Crippen molar-refractivity contribution in [3.8, 4) is 5.75 Å². The molecular weight excluding hydrogens is 445 g/mol. The fraction of sp³-hybridized carbons (Fsp3) is 0.269. The van der Waals surface area contributed by atoms with Gasteiger partial charge in [0.2, 0.25) is 0 Å². The first-order valence-electron chi connectivity index (χ1n) is 10.4. The van der Waals surface area contributed by atoms with Gasteiger partial charge in [-0.05, 0) is 99.0 Å². The molecule has 0 spiro atoms. The number of benzene rings is 2. The van der Waals surface area contributed by atoms with Crippen LogP contribution in [0.4, 0.5) is 18.9 Å². The summed E-state index contributed by atoms with van der Waals surface area (Å²) in [6.45, 7) is 12.2.